The highest BCUT2D eigenvalue weighted by atomic mass is 35.5. The van der Waals surface area contributed by atoms with Gasteiger partial charge in [-0.2, -0.15) is 5.10 Å². The first-order valence-corrected chi connectivity index (χ1v) is 10.8. The van der Waals surface area contributed by atoms with Crippen LogP contribution < -0.4 is 15.5 Å². The Hall–Kier alpha value is -2.87. The average Bonchev–Trinajstić information content (AvgIpc) is 3.18. The van der Waals surface area contributed by atoms with Gasteiger partial charge in [-0.1, -0.05) is 35.3 Å². The van der Waals surface area contributed by atoms with Crippen molar-refractivity contribution in [2.45, 2.75) is 13.8 Å². The number of hydrogen-bond donors (Lipinski definition) is 2. The highest BCUT2D eigenvalue weighted by Crippen LogP contribution is 2.27. The van der Waals surface area contributed by atoms with E-state index in [2.05, 4.69) is 15.8 Å². The molecule has 2 aromatic carbocycles. The number of aryl methyl sites for hydroxylation is 1. The normalized spacial score (nSPS) is 11.2. The van der Waals surface area contributed by atoms with E-state index in [9.17, 15) is 9.59 Å². The zero-order valence-electron chi connectivity index (χ0n) is 16.7. The molecule has 3 aromatic rings. The van der Waals surface area contributed by atoms with Gasteiger partial charge < -0.3 is 10.1 Å². The summed E-state index contributed by atoms with van der Waals surface area (Å²) in [6, 6.07) is 15.6. The number of ether oxygens (including phenoxy) is 1. The van der Waals surface area contributed by atoms with Crippen LogP contribution in [0.25, 0.3) is 0 Å². The van der Waals surface area contributed by atoms with Gasteiger partial charge in [-0.25, -0.2) is 5.43 Å². The van der Waals surface area contributed by atoms with Crippen LogP contribution in [0.1, 0.15) is 27.0 Å². The van der Waals surface area contributed by atoms with Crippen molar-refractivity contribution in [3.63, 3.8) is 0 Å². The lowest BCUT2D eigenvalue weighted by Gasteiger charge is -2.08. The van der Waals surface area contributed by atoms with Crippen molar-refractivity contribution in [3.05, 3.63) is 80.0 Å². The smallest absolute Gasteiger partial charge is 0.277 e. The van der Waals surface area contributed by atoms with Crippen LogP contribution in [-0.4, -0.2) is 24.1 Å². The summed E-state index contributed by atoms with van der Waals surface area (Å²) in [5, 5.41) is 7.76. The number of nitrogens with one attached hydrogen (secondary N) is 2. The Morgan fingerprint density at radius 3 is 2.61 bits per heavy atom. The summed E-state index contributed by atoms with van der Waals surface area (Å²) in [4.78, 5) is 26.1. The van der Waals surface area contributed by atoms with E-state index in [0.29, 0.717) is 32.1 Å². The average molecular weight is 476 g/mol. The molecule has 31 heavy (non-hydrogen) atoms. The molecule has 0 bridgehead atoms. The maximum Gasteiger partial charge on any atom is 0.277 e. The first kappa shape index (κ1) is 22.8. The molecule has 0 unspecified atom stereocenters. The number of hydrazone groups is 1. The van der Waals surface area contributed by atoms with E-state index >= 15 is 0 Å². The SMILES string of the molecule is CC(=NNC(=O)COc1ccc(Cl)cc1Cl)c1cccc(NC(=O)c2ccc(C)s2)c1. The van der Waals surface area contributed by atoms with E-state index in [4.69, 9.17) is 27.9 Å². The zero-order valence-corrected chi connectivity index (χ0v) is 19.1. The largest absolute Gasteiger partial charge is 0.482 e. The quantitative estimate of drug-likeness (QED) is 0.347. The maximum absolute atomic E-state index is 12.3. The van der Waals surface area contributed by atoms with Crippen LogP contribution in [0.5, 0.6) is 5.75 Å². The number of halogens is 2. The van der Waals surface area contributed by atoms with Crippen molar-refractivity contribution in [2.75, 3.05) is 11.9 Å². The third-order valence-corrected chi connectivity index (χ3v) is 5.63. The molecule has 0 saturated heterocycles. The number of anilines is 1. The summed E-state index contributed by atoms with van der Waals surface area (Å²) < 4.78 is 5.38. The van der Waals surface area contributed by atoms with Gasteiger partial charge in [-0.3, -0.25) is 9.59 Å². The Morgan fingerprint density at radius 1 is 1.10 bits per heavy atom. The van der Waals surface area contributed by atoms with Crippen molar-refractivity contribution in [1.29, 1.82) is 0 Å². The number of thiophene rings is 1. The van der Waals surface area contributed by atoms with Crippen molar-refractivity contribution in [1.82, 2.24) is 5.43 Å². The molecule has 0 radical (unpaired) electrons. The topological polar surface area (TPSA) is 79.8 Å². The third-order valence-electron chi connectivity index (χ3n) is 4.10. The monoisotopic (exact) mass is 475 g/mol. The molecule has 2 amide bonds. The van der Waals surface area contributed by atoms with Gasteiger partial charge >= 0.3 is 0 Å². The van der Waals surface area contributed by atoms with E-state index in [-0.39, 0.29) is 12.5 Å². The van der Waals surface area contributed by atoms with Crippen LogP contribution in [-0.2, 0) is 4.79 Å². The first-order valence-electron chi connectivity index (χ1n) is 9.21. The van der Waals surface area contributed by atoms with Crippen LogP contribution in [0.4, 0.5) is 5.69 Å². The molecule has 2 N–H and O–H groups in total. The summed E-state index contributed by atoms with van der Waals surface area (Å²) in [5.74, 6) is -0.259. The number of hydrogen-bond acceptors (Lipinski definition) is 5. The minimum atomic E-state index is -0.442. The van der Waals surface area contributed by atoms with Gasteiger partial charge in [0, 0.05) is 15.6 Å². The van der Waals surface area contributed by atoms with Crippen molar-refractivity contribution in [2.24, 2.45) is 5.10 Å². The van der Waals surface area contributed by atoms with Gasteiger partial charge in [0.25, 0.3) is 11.8 Å². The minimum Gasteiger partial charge on any atom is -0.482 e. The van der Waals surface area contributed by atoms with Crippen LogP contribution in [0, 0.1) is 6.92 Å². The molecule has 0 atom stereocenters. The molecule has 0 aliphatic rings. The van der Waals surface area contributed by atoms with Gasteiger partial charge in [0.2, 0.25) is 0 Å². The summed E-state index contributed by atoms with van der Waals surface area (Å²) in [6.07, 6.45) is 0. The Labute approximate surface area is 193 Å². The Kier molecular flexibility index (Phi) is 7.68. The summed E-state index contributed by atoms with van der Waals surface area (Å²) in [6.45, 7) is 3.44. The van der Waals surface area contributed by atoms with Crippen molar-refractivity contribution < 1.29 is 14.3 Å². The maximum atomic E-state index is 12.3. The van der Waals surface area contributed by atoms with E-state index in [1.54, 1.807) is 43.3 Å². The lowest BCUT2D eigenvalue weighted by atomic mass is 10.1. The molecule has 1 aromatic heterocycles. The molecule has 6 nitrogen and oxygen atoms in total. The predicted molar refractivity (Wildman–Crippen MR) is 126 cm³/mol. The third kappa shape index (κ3) is 6.55. The van der Waals surface area contributed by atoms with Gasteiger partial charge in [0.05, 0.1) is 15.6 Å². The number of carbonyl (C=O) groups excluding carboxylic acids is 2. The second-order valence-electron chi connectivity index (χ2n) is 6.54. The number of rotatable bonds is 7. The predicted octanol–water partition coefficient (Wildman–Crippen LogP) is 5.53. The fourth-order valence-corrected chi connectivity index (χ4v) is 3.78. The molecule has 3 rings (SSSR count). The van der Waals surface area contributed by atoms with Crippen LogP contribution in [0.3, 0.4) is 0 Å². The number of nitrogens with zero attached hydrogens (tertiary/aromatic N) is 1. The molecule has 0 aliphatic heterocycles. The molecule has 0 spiro atoms. The standard InChI is InChI=1S/C22H19Cl2N3O3S/c1-13-6-9-20(31-13)22(29)25-17-5-3-4-15(10-17)14(2)26-27-21(28)12-30-19-8-7-16(23)11-18(19)24/h3-11H,12H2,1-2H3,(H,25,29)(H,27,28). The Morgan fingerprint density at radius 2 is 1.90 bits per heavy atom. The molecule has 0 aliphatic carbocycles. The summed E-state index contributed by atoms with van der Waals surface area (Å²) >= 11 is 13.3. The van der Waals surface area contributed by atoms with Crippen LogP contribution in [0.2, 0.25) is 10.0 Å². The second kappa shape index (κ2) is 10.4. The van der Waals surface area contributed by atoms with E-state index in [0.717, 1.165) is 10.4 Å². The summed E-state index contributed by atoms with van der Waals surface area (Å²) in [5.41, 5.74) is 4.40. The number of amides is 2. The number of carbonyl (C=O) groups is 2. The van der Waals surface area contributed by atoms with Gasteiger partial charge in [-0.05, 0) is 61.9 Å². The van der Waals surface area contributed by atoms with E-state index in [1.165, 1.54) is 17.4 Å². The fourth-order valence-electron chi connectivity index (χ4n) is 2.55. The van der Waals surface area contributed by atoms with E-state index < -0.39 is 5.91 Å². The van der Waals surface area contributed by atoms with Gasteiger partial charge in [0.15, 0.2) is 6.61 Å². The van der Waals surface area contributed by atoms with E-state index in [1.807, 2.05) is 19.1 Å². The van der Waals surface area contributed by atoms with Crippen LogP contribution in [0.15, 0.2) is 59.7 Å². The Balaban J connectivity index is 1.57. The number of benzene rings is 2. The van der Waals surface area contributed by atoms with Crippen LogP contribution >= 0.6 is 34.5 Å². The molecule has 1 heterocycles. The summed E-state index contributed by atoms with van der Waals surface area (Å²) in [7, 11) is 0. The van der Waals surface area contributed by atoms with Gasteiger partial charge in [0.1, 0.15) is 5.75 Å². The molecule has 9 heteroatoms. The molecule has 0 saturated carbocycles. The molecule has 160 valence electrons. The second-order valence-corrected chi connectivity index (χ2v) is 8.67. The van der Waals surface area contributed by atoms with Crippen molar-refractivity contribution in [3.8, 4) is 5.75 Å². The van der Waals surface area contributed by atoms with Gasteiger partial charge in [-0.15, -0.1) is 11.3 Å². The Bertz CT molecular complexity index is 1140. The minimum absolute atomic E-state index is 0.170. The fraction of sp³-hybridized carbons (Fsp3) is 0.136. The molecule has 0 fully saturated rings. The highest BCUT2D eigenvalue weighted by molar-refractivity contribution is 7.14. The highest BCUT2D eigenvalue weighted by Gasteiger charge is 2.10. The molecular formula is C22H19Cl2N3O3S. The lowest BCUT2D eigenvalue weighted by Crippen LogP contribution is -2.25. The lowest BCUT2D eigenvalue weighted by molar-refractivity contribution is -0.123. The molecular weight excluding hydrogens is 457 g/mol. The first-order chi connectivity index (χ1) is 14.8. The van der Waals surface area contributed by atoms with Crippen molar-refractivity contribution >= 4 is 57.8 Å². The zero-order chi connectivity index (χ0) is 22.4.